The SMILES string of the molecule is OC(c1ccccc1)(c1ncc(C[N+]23CCC(CC2)C(OCc2ccc(Cl)cc2)C3)o1)C1CCCC1. The number of benzene rings is 2. The number of oxazole rings is 1. The Labute approximate surface area is 218 Å². The summed E-state index contributed by atoms with van der Waals surface area (Å²) in [4.78, 5) is 4.69. The summed E-state index contributed by atoms with van der Waals surface area (Å²) in [6.07, 6.45) is 8.76. The van der Waals surface area contributed by atoms with Crippen LogP contribution in [-0.4, -0.2) is 40.3 Å². The summed E-state index contributed by atoms with van der Waals surface area (Å²) in [7, 11) is 0. The normalized spacial score (nSPS) is 27.8. The van der Waals surface area contributed by atoms with Crippen LogP contribution in [0.3, 0.4) is 0 Å². The summed E-state index contributed by atoms with van der Waals surface area (Å²) < 4.78 is 13.8. The number of hydrogen-bond donors (Lipinski definition) is 1. The molecule has 2 unspecified atom stereocenters. The molecule has 2 bridgehead atoms. The molecule has 1 N–H and O–H groups in total. The number of halogens is 1. The molecular weight excluding hydrogens is 472 g/mol. The van der Waals surface area contributed by atoms with E-state index in [1.807, 2.05) is 60.8 Å². The van der Waals surface area contributed by atoms with Crippen LogP contribution in [0.1, 0.15) is 61.3 Å². The van der Waals surface area contributed by atoms with Crippen molar-refractivity contribution in [3.8, 4) is 0 Å². The molecule has 4 aliphatic rings. The van der Waals surface area contributed by atoms with Crippen molar-refractivity contribution in [3.63, 3.8) is 0 Å². The van der Waals surface area contributed by atoms with Gasteiger partial charge in [0.05, 0.1) is 25.9 Å². The summed E-state index contributed by atoms with van der Waals surface area (Å²) in [6.45, 7) is 4.71. The number of fused-ring (bicyclic) bond motifs is 3. The molecular formula is C30H36ClN2O3+. The third-order valence-electron chi connectivity index (χ3n) is 8.95. The van der Waals surface area contributed by atoms with E-state index in [0.717, 1.165) is 78.3 Å². The van der Waals surface area contributed by atoms with Gasteiger partial charge in [-0.1, -0.05) is 66.9 Å². The lowest BCUT2D eigenvalue weighted by Gasteiger charge is -2.52. The number of piperidine rings is 3. The predicted molar refractivity (Wildman–Crippen MR) is 139 cm³/mol. The molecule has 1 aromatic heterocycles. The zero-order valence-electron chi connectivity index (χ0n) is 20.8. The molecule has 5 nitrogen and oxygen atoms in total. The minimum atomic E-state index is -1.17. The van der Waals surface area contributed by atoms with Crippen LogP contribution < -0.4 is 0 Å². The number of aliphatic hydroxyl groups is 1. The second-order valence-electron chi connectivity index (χ2n) is 11.2. The maximum atomic E-state index is 12.0. The Kier molecular flexibility index (Phi) is 6.67. The van der Waals surface area contributed by atoms with Gasteiger partial charge in [-0.05, 0) is 36.1 Å². The fraction of sp³-hybridized carbons (Fsp3) is 0.500. The molecule has 36 heavy (non-hydrogen) atoms. The standard InChI is InChI=1S/C30H36ClN2O3/c31-26-12-10-22(11-13-26)21-35-28-20-33(16-14-23(28)15-17-33)19-27-18-32-29(36-27)30(34,25-8-4-5-9-25)24-6-2-1-3-7-24/h1-3,6-7,10-13,18,23,25,28,34H,4-5,8-9,14-17,19-21H2/q+1. The first-order valence-electron chi connectivity index (χ1n) is 13.5. The Morgan fingerprint density at radius 3 is 2.44 bits per heavy atom. The molecule has 1 saturated carbocycles. The van der Waals surface area contributed by atoms with Crippen molar-refractivity contribution in [1.29, 1.82) is 0 Å². The Morgan fingerprint density at radius 2 is 1.72 bits per heavy atom. The lowest BCUT2D eigenvalue weighted by atomic mass is 9.80. The average molecular weight is 508 g/mol. The van der Waals surface area contributed by atoms with Crippen LogP contribution in [0, 0.1) is 11.8 Å². The van der Waals surface area contributed by atoms with Gasteiger partial charge in [0.2, 0.25) is 5.89 Å². The van der Waals surface area contributed by atoms with Crippen LogP contribution in [0.15, 0.2) is 65.2 Å². The maximum Gasteiger partial charge on any atom is 0.231 e. The van der Waals surface area contributed by atoms with Crippen LogP contribution in [0.25, 0.3) is 0 Å². The van der Waals surface area contributed by atoms with Crippen molar-refractivity contribution in [2.24, 2.45) is 11.8 Å². The lowest BCUT2D eigenvalue weighted by molar-refractivity contribution is -0.959. The van der Waals surface area contributed by atoms with E-state index >= 15 is 0 Å². The minimum absolute atomic E-state index is 0.134. The molecule has 4 fully saturated rings. The van der Waals surface area contributed by atoms with Gasteiger partial charge in [0, 0.05) is 29.7 Å². The highest BCUT2D eigenvalue weighted by atomic mass is 35.5. The summed E-state index contributed by atoms with van der Waals surface area (Å²) in [5, 5.41) is 12.8. The summed E-state index contributed by atoms with van der Waals surface area (Å²) in [5.74, 6) is 2.09. The lowest BCUT2D eigenvalue weighted by Crippen LogP contribution is -2.63. The molecule has 0 amide bonds. The number of aromatic nitrogens is 1. The van der Waals surface area contributed by atoms with E-state index in [-0.39, 0.29) is 12.0 Å². The number of ether oxygens (including phenoxy) is 1. The van der Waals surface area contributed by atoms with Gasteiger partial charge in [-0.15, -0.1) is 0 Å². The third kappa shape index (κ3) is 4.63. The Hall–Kier alpha value is -2.18. The Morgan fingerprint density at radius 1 is 1.00 bits per heavy atom. The van der Waals surface area contributed by atoms with Gasteiger partial charge in [-0.2, -0.15) is 0 Å². The van der Waals surface area contributed by atoms with Gasteiger partial charge in [0.1, 0.15) is 19.2 Å². The molecule has 3 saturated heterocycles. The van der Waals surface area contributed by atoms with Crippen LogP contribution >= 0.6 is 11.6 Å². The van der Waals surface area contributed by atoms with Crippen molar-refractivity contribution in [1.82, 2.24) is 4.98 Å². The second-order valence-corrected chi connectivity index (χ2v) is 11.6. The van der Waals surface area contributed by atoms with Gasteiger partial charge in [0.15, 0.2) is 11.4 Å². The maximum absolute atomic E-state index is 12.0. The summed E-state index contributed by atoms with van der Waals surface area (Å²) in [5.41, 5.74) is 0.871. The van der Waals surface area contributed by atoms with Crippen LogP contribution in [-0.2, 0) is 23.5 Å². The molecule has 7 rings (SSSR count). The monoisotopic (exact) mass is 507 g/mol. The number of rotatable bonds is 8. The van der Waals surface area contributed by atoms with E-state index in [9.17, 15) is 5.11 Å². The van der Waals surface area contributed by atoms with Crippen LogP contribution in [0.5, 0.6) is 0 Å². The largest absolute Gasteiger partial charge is 0.436 e. The molecule has 0 radical (unpaired) electrons. The van der Waals surface area contributed by atoms with E-state index in [1.165, 1.54) is 12.8 Å². The summed E-state index contributed by atoms with van der Waals surface area (Å²) >= 11 is 6.04. The van der Waals surface area contributed by atoms with Crippen molar-refractivity contribution < 1.29 is 18.7 Å². The first kappa shape index (κ1) is 24.2. The minimum Gasteiger partial charge on any atom is -0.436 e. The molecule has 190 valence electrons. The highest BCUT2D eigenvalue weighted by Gasteiger charge is 2.48. The fourth-order valence-electron chi connectivity index (χ4n) is 6.87. The average Bonchev–Trinajstić information content (AvgIpc) is 3.62. The fourth-order valence-corrected chi connectivity index (χ4v) is 7.00. The van der Waals surface area contributed by atoms with Gasteiger partial charge >= 0.3 is 0 Å². The number of hydrogen-bond acceptors (Lipinski definition) is 4. The van der Waals surface area contributed by atoms with Crippen LogP contribution in [0.4, 0.5) is 0 Å². The van der Waals surface area contributed by atoms with E-state index in [1.54, 1.807) is 0 Å². The first-order chi connectivity index (χ1) is 17.5. The van der Waals surface area contributed by atoms with Crippen molar-refractivity contribution in [2.45, 2.75) is 63.4 Å². The molecule has 3 aliphatic heterocycles. The molecule has 6 heteroatoms. The van der Waals surface area contributed by atoms with Crippen molar-refractivity contribution in [3.05, 3.63) is 88.6 Å². The second kappa shape index (κ2) is 9.94. The number of quaternary nitrogens is 1. The Bertz CT molecular complexity index is 1150. The molecule has 2 aromatic carbocycles. The smallest absolute Gasteiger partial charge is 0.231 e. The van der Waals surface area contributed by atoms with Crippen molar-refractivity contribution in [2.75, 3.05) is 19.6 Å². The molecule has 3 aromatic rings. The van der Waals surface area contributed by atoms with E-state index < -0.39 is 5.60 Å². The highest BCUT2D eigenvalue weighted by molar-refractivity contribution is 6.30. The third-order valence-corrected chi connectivity index (χ3v) is 9.20. The molecule has 1 aliphatic carbocycles. The van der Waals surface area contributed by atoms with E-state index in [4.69, 9.17) is 20.8 Å². The molecule has 2 atom stereocenters. The van der Waals surface area contributed by atoms with E-state index in [0.29, 0.717) is 18.4 Å². The zero-order valence-corrected chi connectivity index (χ0v) is 21.6. The van der Waals surface area contributed by atoms with Crippen LogP contribution in [0.2, 0.25) is 5.02 Å². The van der Waals surface area contributed by atoms with Gasteiger partial charge in [0.25, 0.3) is 0 Å². The highest BCUT2D eigenvalue weighted by Crippen LogP contribution is 2.45. The predicted octanol–water partition coefficient (Wildman–Crippen LogP) is 6.08. The van der Waals surface area contributed by atoms with Gasteiger partial charge in [-0.3, -0.25) is 0 Å². The number of nitrogens with zero attached hydrogens (tertiary/aromatic N) is 2. The Balaban J connectivity index is 1.18. The molecule has 0 spiro atoms. The first-order valence-corrected chi connectivity index (χ1v) is 13.9. The quantitative estimate of drug-likeness (QED) is 0.375. The topological polar surface area (TPSA) is 55.5 Å². The van der Waals surface area contributed by atoms with Gasteiger partial charge in [-0.25, -0.2) is 4.98 Å². The van der Waals surface area contributed by atoms with Gasteiger partial charge < -0.3 is 18.7 Å². The van der Waals surface area contributed by atoms with E-state index in [2.05, 4.69) is 4.98 Å². The summed E-state index contributed by atoms with van der Waals surface area (Å²) in [6, 6.07) is 17.9. The van der Waals surface area contributed by atoms with Crippen molar-refractivity contribution >= 4 is 11.6 Å². The molecule has 4 heterocycles. The zero-order chi connectivity index (χ0) is 24.6.